The molecule has 1 aromatic carbocycles. The van der Waals surface area contributed by atoms with Gasteiger partial charge in [-0.25, -0.2) is 9.97 Å². The van der Waals surface area contributed by atoms with Gasteiger partial charge in [-0.3, -0.25) is 14.6 Å². The van der Waals surface area contributed by atoms with Gasteiger partial charge in [-0.05, 0) is 19.1 Å². The summed E-state index contributed by atoms with van der Waals surface area (Å²) in [7, 11) is 1.81. The molecule has 1 saturated heterocycles. The molecule has 1 aliphatic rings. The van der Waals surface area contributed by atoms with Crippen LogP contribution in [0.4, 0.5) is 10.3 Å². The van der Waals surface area contributed by atoms with Crippen LogP contribution in [-0.4, -0.2) is 60.5 Å². The molecule has 0 unspecified atom stereocenters. The van der Waals surface area contributed by atoms with Gasteiger partial charge in [-0.1, -0.05) is 23.5 Å². The summed E-state index contributed by atoms with van der Waals surface area (Å²) in [6.07, 6.45) is 0. The van der Waals surface area contributed by atoms with Crippen molar-refractivity contribution in [2.45, 2.75) is 6.92 Å². The third-order valence-electron chi connectivity index (χ3n) is 4.55. The Bertz CT molecular complexity index is 880. The molecule has 0 N–H and O–H groups in total. The zero-order chi connectivity index (χ0) is 18.1. The number of hydrogen-bond donors (Lipinski definition) is 0. The predicted molar refractivity (Wildman–Crippen MR) is 109 cm³/mol. The SMILES string of the molecule is Cc1csc(N2CCN(CC(=O)N(C)c3nc4ccccc4s3)CC2)n1. The number of amides is 1. The number of thiazole rings is 2. The molecule has 0 radical (unpaired) electrons. The monoisotopic (exact) mass is 387 g/mol. The van der Waals surface area contributed by atoms with Gasteiger partial charge in [-0.2, -0.15) is 0 Å². The van der Waals surface area contributed by atoms with Gasteiger partial charge in [0.2, 0.25) is 5.91 Å². The molecule has 0 aliphatic carbocycles. The van der Waals surface area contributed by atoms with E-state index in [9.17, 15) is 4.79 Å². The van der Waals surface area contributed by atoms with E-state index in [1.807, 2.05) is 38.2 Å². The van der Waals surface area contributed by atoms with Gasteiger partial charge < -0.3 is 4.90 Å². The van der Waals surface area contributed by atoms with Gasteiger partial charge in [0, 0.05) is 38.6 Å². The maximum atomic E-state index is 12.7. The van der Waals surface area contributed by atoms with E-state index in [4.69, 9.17) is 0 Å². The Morgan fingerprint density at radius 2 is 1.96 bits per heavy atom. The number of benzene rings is 1. The molecule has 26 heavy (non-hydrogen) atoms. The van der Waals surface area contributed by atoms with Crippen molar-refractivity contribution in [3.63, 3.8) is 0 Å². The zero-order valence-corrected chi connectivity index (χ0v) is 16.5. The molecule has 3 aromatic rings. The first-order valence-corrected chi connectivity index (χ1v) is 10.3. The van der Waals surface area contributed by atoms with E-state index in [1.165, 1.54) is 0 Å². The lowest BCUT2D eigenvalue weighted by Crippen LogP contribution is -2.49. The highest BCUT2D eigenvalue weighted by molar-refractivity contribution is 7.22. The van der Waals surface area contributed by atoms with Crippen LogP contribution in [-0.2, 0) is 4.79 Å². The Hall–Kier alpha value is -2.03. The van der Waals surface area contributed by atoms with E-state index in [0.717, 1.165) is 52.4 Å². The number of carbonyl (C=O) groups is 1. The molecule has 1 aliphatic heterocycles. The lowest BCUT2D eigenvalue weighted by atomic mass is 10.3. The Morgan fingerprint density at radius 1 is 1.19 bits per heavy atom. The fraction of sp³-hybridized carbons (Fsp3) is 0.389. The average molecular weight is 388 g/mol. The molecule has 0 atom stereocenters. The number of aromatic nitrogens is 2. The van der Waals surface area contributed by atoms with Gasteiger partial charge in [-0.15, -0.1) is 11.3 Å². The largest absolute Gasteiger partial charge is 0.346 e. The Balaban J connectivity index is 1.34. The summed E-state index contributed by atoms with van der Waals surface area (Å²) in [6.45, 7) is 6.01. The summed E-state index contributed by atoms with van der Waals surface area (Å²) in [5, 5.41) is 3.92. The van der Waals surface area contributed by atoms with Crippen molar-refractivity contribution in [2.75, 3.05) is 49.6 Å². The predicted octanol–water partition coefficient (Wildman–Crippen LogP) is 2.85. The first kappa shape index (κ1) is 17.4. The van der Waals surface area contributed by atoms with Crippen molar-refractivity contribution in [2.24, 2.45) is 0 Å². The van der Waals surface area contributed by atoms with E-state index in [0.29, 0.717) is 6.54 Å². The highest BCUT2D eigenvalue weighted by atomic mass is 32.1. The van der Waals surface area contributed by atoms with E-state index in [2.05, 4.69) is 25.1 Å². The van der Waals surface area contributed by atoms with E-state index < -0.39 is 0 Å². The number of anilines is 2. The van der Waals surface area contributed by atoms with Crippen molar-refractivity contribution >= 4 is 49.1 Å². The third-order valence-corrected chi connectivity index (χ3v) is 6.68. The normalized spacial score (nSPS) is 15.5. The number of fused-ring (bicyclic) bond motifs is 1. The second-order valence-electron chi connectivity index (χ2n) is 6.45. The number of carbonyl (C=O) groups excluding carboxylic acids is 1. The van der Waals surface area contributed by atoms with Gasteiger partial charge in [0.15, 0.2) is 10.3 Å². The number of aryl methyl sites for hydroxylation is 1. The topological polar surface area (TPSA) is 52.6 Å². The molecular formula is C18H21N5OS2. The summed E-state index contributed by atoms with van der Waals surface area (Å²) in [5.41, 5.74) is 2.01. The maximum Gasteiger partial charge on any atom is 0.242 e. The number of likely N-dealkylation sites (N-methyl/N-ethyl adjacent to an activating group) is 1. The number of para-hydroxylation sites is 1. The fourth-order valence-corrected chi connectivity index (χ4v) is 4.79. The molecular weight excluding hydrogens is 366 g/mol. The molecule has 2 aromatic heterocycles. The summed E-state index contributed by atoms with van der Waals surface area (Å²) < 4.78 is 1.11. The minimum Gasteiger partial charge on any atom is -0.346 e. The van der Waals surface area contributed by atoms with Gasteiger partial charge in [0.25, 0.3) is 0 Å². The lowest BCUT2D eigenvalue weighted by Gasteiger charge is -2.34. The van der Waals surface area contributed by atoms with E-state index in [-0.39, 0.29) is 5.91 Å². The van der Waals surface area contributed by atoms with Crippen LogP contribution in [0.1, 0.15) is 5.69 Å². The van der Waals surface area contributed by atoms with E-state index in [1.54, 1.807) is 27.6 Å². The van der Waals surface area contributed by atoms with Gasteiger partial charge in [0.05, 0.1) is 22.5 Å². The molecule has 0 spiro atoms. The molecule has 4 rings (SSSR count). The number of hydrogen-bond acceptors (Lipinski definition) is 7. The second kappa shape index (κ2) is 7.30. The minimum atomic E-state index is 0.0857. The molecule has 6 nitrogen and oxygen atoms in total. The summed E-state index contributed by atoms with van der Waals surface area (Å²) in [6, 6.07) is 7.98. The first-order chi connectivity index (χ1) is 12.6. The van der Waals surface area contributed by atoms with Gasteiger partial charge in [0.1, 0.15) is 0 Å². The van der Waals surface area contributed by atoms with Crippen molar-refractivity contribution in [1.29, 1.82) is 0 Å². The van der Waals surface area contributed by atoms with Crippen molar-refractivity contribution < 1.29 is 4.79 Å². The van der Waals surface area contributed by atoms with Gasteiger partial charge >= 0.3 is 0 Å². The van der Waals surface area contributed by atoms with Crippen LogP contribution in [0.25, 0.3) is 10.2 Å². The van der Waals surface area contributed by atoms with E-state index >= 15 is 0 Å². The van der Waals surface area contributed by atoms with Crippen LogP contribution >= 0.6 is 22.7 Å². The molecule has 0 bridgehead atoms. The zero-order valence-electron chi connectivity index (χ0n) is 14.9. The van der Waals surface area contributed by atoms with Crippen LogP contribution < -0.4 is 9.80 Å². The van der Waals surface area contributed by atoms with Crippen molar-refractivity contribution in [3.05, 3.63) is 35.3 Å². The number of rotatable bonds is 4. The minimum absolute atomic E-state index is 0.0857. The first-order valence-electron chi connectivity index (χ1n) is 8.62. The molecule has 136 valence electrons. The quantitative estimate of drug-likeness (QED) is 0.689. The molecule has 1 amide bonds. The van der Waals surface area contributed by atoms with Crippen molar-refractivity contribution in [3.8, 4) is 0 Å². The summed E-state index contributed by atoms with van der Waals surface area (Å²) >= 11 is 3.25. The van der Waals surface area contributed by atoms with Crippen molar-refractivity contribution in [1.82, 2.24) is 14.9 Å². The smallest absolute Gasteiger partial charge is 0.242 e. The maximum absolute atomic E-state index is 12.7. The Kier molecular flexibility index (Phi) is 4.88. The van der Waals surface area contributed by atoms with Crippen LogP contribution in [0.5, 0.6) is 0 Å². The van der Waals surface area contributed by atoms with Crippen LogP contribution in [0.15, 0.2) is 29.6 Å². The molecule has 3 heterocycles. The third kappa shape index (κ3) is 3.58. The Labute approximate surface area is 160 Å². The van der Waals surface area contributed by atoms with Crippen LogP contribution in [0.3, 0.4) is 0 Å². The highest BCUT2D eigenvalue weighted by Crippen LogP contribution is 2.28. The van der Waals surface area contributed by atoms with Crippen LogP contribution in [0.2, 0.25) is 0 Å². The number of piperazine rings is 1. The highest BCUT2D eigenvalue weighted by Gasteiger charge is 2.23. The standard InChI is InChI=1S/C18H21N5OS2/c1-13-12-25-18(19-13)23-9-7-22(8-10-23)11-16(24)21(2)17-20-14-5-3-4-6-15(14)26-17/h3-6,12H,7-11H2,1-2H3. The second-order valence-corrected chi connectivity index (χ2v) is 8.30. The average Bonchev–Trinajstić information content (AvgIpc) is 3.27. The summed E-state index contributed by atoms with van der Waals surface area (Å²) in [4.78, 5) is 28.0. The fourth-order valence-electron chi connectivity index (χ4n) is 2.99. The molecule has 0 saturated carbocycles. The molecule has 8 heteroatoms. The summed E-state index contributed by atoms with van der Waals surface area (Å²) in [5.74, 6) is 0.0857. The number of nitrogens with zero attached hydrogens (tertiary/aromatic N) is 5. The van der Waals surface area contributed by atoms with Crippen LogP contribution in [0, 0.1) is 6.92 Å². The lowest BCUT2D eigenvalue weighted by molar-refractivity contribution is -0.119. The molecule has 1 fully saturated rings. The Morgan fingerprint density at radius 3 is 2.65 bits per heavy atom.